The van der Waals surface area contributed by atoms with E-state index in [4.69, 9.17) is 9.15 Å². The fourth-order valence-electron chi connectivity index (χ4n) is 2.45. The Bertz CT molecular complexity index is 988. The molecule has 0 spiro atoms. The van der Waals surface area contributed by atoms with Crippen molar-refractivity contribution >= 4 is 29.3 Å². The Morgan fingerprint density at radius 1 is 1.10 bits per heavy atom. The van der Waals surface area contributed by atoms with Gasteiger partial charge in [0.05, 0.1) is 32.0 Å². The number of hydrogen-bond donors (Lipinski definition) is 1. The van der Waals surface area contributed by atoms with E-state index in [1.54, 1.807) is 31.4 Å². The highest BCUT2D eigenvalue weighted by atomic mass is 32.2. The van der Waals surface area contributed by atoms with Gasteiger partial charge in [-0.05, 0) is 35.9 Å². The van der Waals surface area contributed by atoms with Gasteiger partial charge in [-0.15, -0.1) is 10.2 Å². The van der Waals surface area contributed by atoms with Gasteiger partial charge in [0.25, 0.3) is 5.22 Å². The molecular weight excluding hydrogens is 394 g/mol. The maximum absolute atomic E-state index is 12.1. The van der Waals surface area contributed by atoms with Crippen LogP contribution < -0.4 is 10.1 Å². The summed E-state index contributed by atoms with van der Waals surface area (Å²) in [6.07, 6.45) is 0.490. The summed E-state index contributed by atoms with van der Waals surface area (Å²) in [6.45, 7) is 0. The topological polar surface area (TPSA) is 104 Å². The molecule has 3 aromatic rings. The number of benzene rings is 2. The van der Waals surface area contributed by atoms with E-state index in [-0.39, 0.29) is 11.7 Å². The van der Waals surface area contributed by atoms with Crippen LogP contribution in [0.25, 0.3) is 0 Å². The van der Waals surface area contributed by atoms with Crippen LogP contribution in [0.15, 0.2) is 58.2 Å². The first-order valence-corrected chi connectivity index (χ1v) is 9.62. The summed E-state index contributed by atoms with van der Waals surface area (Å²) in [5, 5.41) is 11.0. The van der Waals surface area contributed by atoms with Gasteiger partial charge in [-0.2, -0.15) is 0 Å². The highest BCUT2D eigenvalue weighted by Crippen LogP contribution is 2.20. The predicted molar refractivity (Wildman–Crippen MR) is 107 cm³/mol. The molecule has 0 aliphatic rings. The van der Waals surface area contributed by atoms with Gasteiger partial charge in [0, 0.05) is 5.69 Å². The van der Waals surface area contributed by atoms with E-state index in [0.717, 1.165) is 23.1 Å². The predicted octanol–water partition coefficient (Wildman–Crippen LogP) is 3.19. The van der Waals surface area contributed by atoms with Gasteiger partial charge < -0.3 is 19.2 Å². The molecule has 2 aromatic carbocycles. The van der Waals surface area contributed by atoms with Crippen molar-refractivity contribution in [3.8, 4) is 5.75 Å². The number of aromatic nitrogens is 2. The summed E-state index contributed by atoms with van der Waals surface area (Å²) < 4.78 is 15.4. The zero-order valence-electron chi connectivity index (χ0n) is 15.9. The van der Waals surface area contributed by atoms with Gasteiger partial charge in [-0.25, -0.2) is 4.79 Å². The van der Waals surface area contributed by atoms with Crippen LogP contribution in [0.2, 0.25) is 0 Å². The Kier molecular flexibility index (Phi) is 6.85. The van der Waals surface area contributed by atoms with Crippen molar-refractivity contribution in [2.45, 2.75) is 11.6 Å². The lowest BCUT2D eigenvalue weighted by atomic mass is 10.1. The Morgan fingerprint density at radius 2 is 1.90 bits per heavy atom. The number of carbonyl (C=O) groups is 2. The molecule has 0 radical (unpaired) electrons. The third kappa shape index (κ3) is 5.82. The molecule has 0 atom stereocenters. The van der Waals surface area contributed by atoms with Crippen LogP contribution in [0.5, 0.6) is 5.75 Å². The number of methoxy groups -OCH3 is 2. The molecule has 3 rings (SSSR count). The maximum Gasteiger partial charge on any atom is 0.337 e. The second-order valence-corrected chi connectivity index (χ2v) is 6.82. The van der Waals surface area contributed by atoms with Gasteiger partial charge in [-0.1, -0.05) is 30.0 Å². The lowest BCUT2D eigenvalue weighted by Gasteiger charge is -2.05. The van der Waals surface area contributed by atoms with Crippen molar-refractivity contribution in [3.63, 3.8) is 0 Å². The molecule has 1 amide bonds. The number of nitrogens with one attached hydrogen (secondary N) is 1. The molecule has 29 heavy (non-hydrogen) atoms. The van der Waals surface area contributed by atoms with Crippen molar-refractivity contribution in [1.82, 2.24) is 10.2 Å². The van der Waals surface area contributed by atoms with E-state index >= 15 is 0 Å². The molecule has 0 saturated heterocycles. The average molecular weight is 413 g/mol. The molecule has 1 N–H and O–H groups in total. The number of thioether (sulfide) groups is 1. The second-order valence-electron chi connectivity index (χ2n) is 5.90. The van der Waals surface area contributed by atoms with Gasteiger partial charge in [0.1, 0.15) is 5.75 Å². The number of rotatable bonds is 8. The van der Waals surface area contributed by atoms with Crippen LogP contribution in [0, 0.1) is 0 Å². The number of hydrogen-bond acceptors (Lipinski definition) is 8. The van der Waals surface area contributed by atoms with Crippen LogP contribution in [-0.4, -0.2) is 42.0 Å². The van der Waals surface area contributed by atoms with Crippen LogP contribution in [-0.2, 0) is 16.0 Å². The van der Waals surface area contributed by atoms with Crippen LogP contribution >= 0.6 is 11.8 Å². The molecule has 0 saturated carbocycles. The van der Waals surface area contributed by atoms with Crippen molar-refractivity contribution in [2.75, 3.05) is 25.3 Å². The van der Waals surface area contributed by atoms with Gasteiger partial charge in [-0.3, -0.25) is 4.79 Å². The summed E-state index contributed by atoms with van der Waals surface area (Å²) in [7, 11) is 2.92. The Hall–Kier alpha value is -3.33. The lowest BCUT2D eigenvalue weighted by molar-refractivity contribution is -0.113. The fourth-order valence-corrected chi connectivity index (χ4v) is 3.03. The van der Waals surface area contributed by atoms with E-state index in [1.807, 2.05) is 24.3 Å². The fraction of sp³-hybridized carbons (Fsp3) is 0.200. The summed E-state index contributed by atoms with van der Waals surface area (Å²) >= 11 is 1.14. The molecular formula is C20H19N3O5S. The molecule has 1 heterocycles. The summed E-state index contributed by atoms with van der Waals surface area (Å²) in [4.78, 5) is 23.7. The molecule has 1 aromatic heterocycles. The number of ether oxygens (including phenoxy) is 2. The maximum atomic E-state index is 12.1. The lowest BCUT2D eigenvalue weighted by Crippen LogP contribution is -2.14. The van der Waals surface area contributed by atoms with Crippen LogP contribution in [0.1, 0.15) is 21.8 Å². The van der Waals surface area contributed by atoms with E-state index < -0.39 is 5.97 Å². The average Bonchev–Trinajstić information content (AvgIpc) is 3.19. The molecule has 0 unspecified atom stereocenters. The number of amides is 1. The standard InChI is InChI=1S/C20H19N3O5S/c1-26-16-8-6-13(7-9-16)10-18-22-23-20(28-18)29-12-17(24)21-15-5-3-4-14(11-15)19(25)27-2/h3-9,11H,10,12H2,1-2H3,(H,21,24). The first kappa shape index (κ1) is 20.4. The first-order valence-electron chi connectivity index (χ1n) is 8.63. The van der Waals surface area contributed by atoms with Crippen molar-refractivity contribution in [3.05, 3.63) is 65.5 Å². The largest absolute Gasteiger partial charge is 0.497 e. The van der Waals surface area contributed by atoms with Gasteiger partial charge in [0.15, 0.2) is 0 Å². The zero-order valence-corrected chi connectivity index (χ0v) is 16.7. The number of esters is 1. The Balaban J connectivity index is 1.51. The third-order valence-corrected chi connectivity index (χ3v) is 4.68. The van der Waals surface area contributed by atoms with E-state index in [1.165, 1.54) is 7.11 Å². The molecule has 9 heteroatoms. The number of carbonyl (C=O) groups excluding carboxylic acids is 2. The second kappa shape index (κ2) is 9.74. The quantitative estimate of drug-likeness (QED) is 0.444. The summed E-state index contributed by atoms with van der Waals surface area (Å²) in [5.74, 6) is 0.604. The molecule has 150 valence electrons. The summed E-state index contributed by atoms with van der Waals surface area (Å²) in [5.41, 5.74) is 1.87. The normalized spacial score (nSPS) is 10.4. The zero-order chi connectivity index (χ0) is 20.6. The SMILES string of the molecule is COC(=O)c1cccc(NC(=O)CSc2nnc(Cc3ccc(OC)cc3)o2)c1. The minimum atomic E-state index is -0.467. The monoisotopic (exact) mass is 413 g/mol. The van der Waals surface area contributed by atoms with Gasteiger partial charge in [0.2, 0.25) is 11.8 Å². The Morgan fingerprint density at radius 3 is 2.62 bits per heavy atom. The highest BCUT2D eigenvalue weighted by Gasteiger charge is 2.12. The number of nitrogens with zero attached hydrogens (tertiary/aromatic N) is 2. The molecule has 0 aliphatic carbocycles. The van der Waals surface area contributed by atoms with Crippen LogP contribution in [0.3, 0.4) is 0 Å². The van der Waals surface area contributed by atoms with Gasteiger partial charge >= 0.3 is 5.97 Å². The number of anilines is 1. The minimum absolute atomic E-state index is 0.0899. The van der Waals surface area contributed by atoms with Crippen molar-refractivity contribution in [2.24, 2.45) is 0 Å². The Labute approximate surface area is 171 Å². The molecule has 8 nitrogen and oxygen atoms in total. The molecule has 0 aliphatic heterocycles. The van der Waals surface area contributed by atoms with Crippen LogP contribution in [0.4, 0.5) is 5.69 Å². The van der Waals surface area contributed by atoms with E-state index in [2.05, 4.69) is 20.3 Å². The summed E-state index contributed by atoms with van der Waals surface area (Å²) in [6, 6.07) is 14.1. The van der Waals surface area contributed by atoms with Crippen molar-refractivity contribution < 1.29 is 23.5 Å². The minimum Gasteiger partial charge on any atom is -0.497 e. The van der Waals surface area contributed by atoms with Crippen molar-refractivity contribution in [1.29, 1.82) is 0 Å². The molecule has 0 fully saturated rings. The van der Waals surface area contributed by atoms with E-state index in [0.29, 0.717) is 28.8 Å². The smallest absolute Gasteiger partial charge is 0.337 e. The third-order valence-electron chi connectivity index (χ3n) is 3.86. The molecule has 0 bridgehead atoms. The highest BCUT2D eigenvalue weighted by molar-refractivity contribution is 7.99. The van der Waals surface area contributed by atoms with E-state index in [9.17, 15) is 9.59 Å². The first-order chi connectivity index (χ1) is 14.1.